The average molecular weight is 496 g/mol. The van der Waals surface area contributed by atoms with Crippen LogP contribution in [0.1, 0.15) is 32.8 Å². The van der Waals surface area contributed by atoms with Crippen LogP contribution in [-0.2, 0) is 39.9 Å². The summed E-state index contributed by atoms with van der Waals surface area (Å²) in [6.07, 6.45) is -1.63. The summed E-state index contributed by atoms with van der Waals surface area (Å²) >= 11 is 0. The fourth-order valence-electron chi connectivity index (χ4n) is 2.57. The summed E-state index contributed by atoms with van der Waals surface area (Å²) in [6, 6.07) is 1.50. The molecule has 5 atom stereocenters. The smallest absolute Gasteiger partial charge is 0.334 e. The zero-order valence-corrected chi connectivity index (χ0v) is 19.8. The Hall–Kier alpha value is -3.39. The zero-order valence-electron chi connectivity index (χ0n) is 19.8. The van der Waals surface area contributed by atoms with Crippen molar-refractivity contribution in [2.24, 2.45) is 34.6 Å². The summed E-state index contributed by atoms with van der Waals surface area (Å²) in [5.74, 6) is -4.46. The van der Waals surface area contributed by atoms with Gasteiger partial charge in [-0.3, -0.25) is 9.59 Å². The van der Waals surface area contributed by atoms with Gasteiger partial charge in [-0.15, -0.1) is 0 Å². The largest absolute Gasteiger partial charge is 0.459 e. The molecule has 1 aromatic carbocycles. The Morgan fingerprint density at radius 1 is 0.771 bits per heavy atom. The van der Waals surface area contributed by atoms with Crippen molar-refractivity contribution in [2.75, 3.05) is 0 Å². The maximum Gasteiger partial charge on any atom is 0.334 e. The number of nitrogens with two attached hydrogens (primary N) is 5. The van der Waals surface area contributed by atoms with E-state index in [9.17, 15) is 24.0 Å². The van der Waals surface area contributed by atoms with Crippen molar-refractivity contribution in [1.29, 1.82) is 0 Å². The third-order valence-corrected chi connectivity index (χ3v) is 4.90. The maximum atomic E-state index is 12.3. The molecule has 0 radical (unpaired) electrons. The van der Waals surface area contributed by atoms with Crippen molar-refractivity contribution in [3.8, 4) is 5.75 Å². The van der Waals surface area contributed by atoms with Gasteiger partial charge in [-0.1, -0.05) is 26.0 Å². The van der Waals surface area contributed by atoms with E-state index in [0.717, 1.165) is 0 Å². The first kappa shape index (κ1) is 29.6. The molecule has 0 fully saturated rings. The van der Waals surface area contributed by atoms with E-state index < -0.39 is 66.5 Å². The number of amides is 1. The highest BCUT2D eigenvalue weighted by Crippen LogP contribution is 2.15. The minimum atomic E-state index is -1.51. The molecule has 0 unspecified atom stereocenters. The first-order valence-corrected chi connectivity index (χ1v) is 10.8. The summed E-state index contributed by atoms with van der Waals surface area (Å²) in [4.78, 5) is 58.7. The van der Waals surface area contributed by atoms with Crippen LogP contribution < -0.4 is 33.4 Å². The summed E-state index contributed by atoms with van der Waals surface area (Å²) < 4.78 is 14.8. The van der Waals surface area contributed by atoms with Gasteiger partial charge in [-0.25, -0.2) is 14.4 Å². The average Bonchev–Trinajstić information content (AvgIpc) is 2.78. The summed E-state index contributed by atoms with van der Waals surface area (Å²) in [5.41, 5.74) is 28.3. The Labute approximate surface area is 202 Å². The fourth-order valence-corrected chi connectivity index (χ4v) is 2.57. The minimum Gasteiger partial charge on any atom is -0.459 e. The molecular formula is C22H33N5O8. The van der Waals surface area contributed by atoms with E-state index in [2.05, 4.69) is 4.74 Å². The highest BCUT2D eigenvalue weighted by Gasteiger charge is 2.31. The van der Waals surface area contributed by atoms with Gasteiger partial charge in [0.05, 0.1) is 6.42 Å². The SMILES string of the molecule is CC(C)[C@H](N)C(=O)Oc1ccc(C[C@H](N)C(=O)O[C@H](C)[C@H](N)C(=O)OC(=O)[C@@H](N)CC(N)=O)cc1. The van der Waals surface area contributed by atoms with E-state index >= 15 is 0 Å². The van der Waals surface area contributed by atoms with E-state index in [0.29, 0.717) is 5.56 Å². The molecule has 10 N–H and O–H groups in total. The zero-order chi connectivity index (χ0) is 26.9. The number of hydrogen-bond donors (Lipinski definition) is 5. The second-order valence-corrected chi connectivity index (χ2v) is 8.33. The van der Waals surface area contributed by atoms with Crippen LogP contribution in [-0.4, -0.2) is 60.1 Å². The van der Waals surface area contributed by atoms with Gasteiger partial charge in [-0.05, 0) is 37.0 Å². The van der Waals surface area contributed by atoms with Crippen LogP contribution in [0.5, 0.6) is 5.75 Å². The third kappa shape index (κ3) is 9.78. The number of primary amides is 1. The topological polar surface area (TPSA) is 243 Å². The number of carbonyl (C=O) groups is 5. The lowest BCUT2D eigenvalue weighted by atomic mass is 10.1. The molecule has 0 heterocycles. The molecule has 35 heavy (non-hydrogen) atoms. The Morgan fingerprint density at radius 3 is 1.86 bits per heavy atom. The predicted molar refractivity (Wildman–Crippen MR) is 123 cm³/mol. The van der Waals surface area contributed by atoms with Gasteiger partial charge < -0.3 is 42.9 Å². The Morgan fingerprint density at radius 2 is 1.34 bits per heavy atom. The Bertz CT molecular complexity index is 921. The summed E-state index contributed by atoms with van der Waals surface area (Å²) in [7, 11) is 0. The summed E-state index contributed by atoms with van der Waals surface area (Å²) in [5, 5.41) is 0. The lowest BCUT2D eigenvalue weighted by molar-refractivity contribution is -0.165. The number of carbonyl (C=O) groups excluding carboxylic acids is 5. The van der Waals surface area contributed by atoms with Crippen LogP contribution in [0.3, 0.4) is 0 Å². The number of hydrogen-bond acceptors (Lipinski definition) is 12. The standard InChI is InChI=1S/C22H33N5O8/c1-10(2)17(26)21(31)34-13-6-4-12(5-7-13)8-14(23)19(29)33-11(3)18(27)22(32)35-20(30)15(24)9-16(25)28/h4-7,10-11,14-15,17-18H,8-9,23-24,26-27H2,1-3H3,(H2,25,28)/t11-,14+,15+,17+,18+/m1/s1. The van der Waals surface area contributed by atoms with Crippen LogP contribution in [0, 0.1) is 5.92 Å². The lowest BCUT2D eigenvalue weighted by Gasteiger charge is -2.21. The third-order valence-electron chi connectivity index (χ3n) is 4.90. The van der Waals surface area contributed by atoms with Crippen LogP contribution in [0.4, 0.5) is 0 Å². The second-order valence-electron chi connectivity index (χ2n) is 8.33. The summed E-state index contributed by atoms with van der Waals surface area (Å²) in [6.45, 7) is 4.91. The second kappa shape index (κ2) is 13.5. The normalized spacial score (nSPS) is 15.3. The molecule has 0 aliphatic rings. The van der Waals surface area contributed by atoms with Gasteiger partial charge in [0.1, 0.15) is 36.0 Å². The fraction of sp³-hybridized carbons (Fsp3) is 0.500. The van der Waals surface area contributed by atoms with E-state index in [4.69, 9.17) is 38.1 Å². The Balaban J connectivity index is 2.59. The molecule has 0 spiro atoms. The van der Waals surface area contributed by atoms with Crippen LogP contribution >= 0.6 is 0 Å². The van der Waals surface area contributed by atoms with Gasteiger partial charge in [0.25, 0.3) is 0 Å². The molecule has 0 saturated carbocycles. The quantitative estimate of drug-likeness (QED) is 0.120. The van der Waals surface area contributed by atoms with E-state index in [1.54, 1.807) is 26.0 Å². The first-order valence-electron chi connectivity index (χ1n) is 10.8. The highest BCUT2D eigenvalue weighted by atomic mass is 16.6. The van der Waals surface area contributed by atoms with Crippen molar-refractivity contribution in [3.05, 3.63) is 29.8 Å². The highest BCUT2D eigenvalue weighted by molar-refractivity contribution is 5.93. The molecule has 0 aliphatic heterocycles. The minimum absolute atomic E-state index is 0.0748. The van der Waals surface area contributed by atoms with Crippen LogP contribution in [0.25, 0.3) is 0 Å². The Kier molecular flexibility index (Phi) is 11.4. The van der Waals surface area contributed by atoms with Crippen molar-refractivity contribution in [1.82, 2.24) is 0 Å². The van der Waals surface area contributed by atoms with Gasteiger partial charge in [-0.2, -0.15) is 0 Å². The van der Waals surface area contributed by atoms with Gasteiger partial charge in [0.15, 0.2) is 0 Å². The van der Waals surface area contributed by atoms with Crippen molar-refractivity contribution < 1.29 is 38.2 Å². The number of benzene rings is 1. The number of esters is 4. The van der Waals surface area contributed by atoms with E-state index in [1.165, 1.54) is 19.1 Å². The van der Waals surface area contributed by atoms with E-state index in [1.807, 2.05) is 0 Å². The molecule has 0 aromatic heterocycles. The molecule has 1 amide bonds. The van der Waals surface area contributed by atoms with E-state index in [-0.39, 0.29) is 18.1 Å². The molecule has 13 heteroatoms. The predicted octanol–water partition coefficient (Wildman–Crippen LogP) is -2.02. The first-order chi connectivity index (χ1) is 16.2. The maximum absolute atomic E-state index is 12.3. The molecule has 1 aromatic rings. The molecular weight excluding hydrogens is 462 g/mol. The molecule has 0 bridgehead atoms. The molecule has 0 aliphatic carbocycles. The van der Waals surface area contributed by atoms with Crippen molar-refractivity contribution >= 4 is 29.8 Å². The number of rotatable bonds is 12. The molecule has 0 saturated heterocycles. The van der Waals surface area contributed by atoms with Crippen LogP contribution in [0.15, 0.2) is 24.3 Å². The molecule has 1 rings (SSSR count). The molecule has 13 nitrogen and oxygen atoms in total. The molecule has 194 valence electrons. The van der Waals surface area contributed by atoms with Gasteiger partial charge in [0, 0.05) is 0 Å². The van der Waals surface area contributed by atoms with Crippen molar-refractivity contribution in [2.45, 2.75) is 63.9 Å². The van der Waals surface area contributed by atoms with Gasteiger partial charge >= 0.3 is 23.9 Å². The van der Waals surface area contributed by atoms with Crippen LogP contribution in [0.2, 0.25) is 0 Å². The van der Waals surface area contributed by atoms with Crippen molar-refractivity contribution in [3.63, 3.8) is 0 Å². The lowest BCUT2D eigenvalue weighted by Crippen LogP contribution is -2.48. The van der Waals surface area contributed by atoms with Gasteiger partial charge in [0.2, 0.25) is 5.91 Å². The number of ether oxygens (including phenoxy) is 3. The monoisotopic (exact) mass is 495 g/mol.